The van der Waals surface area contributed by atoms with Crippen LogP contribution in [0.1, 0.15) is 28.0 Å². The number of aromatic nitrogens is 2. The molecule has 0 spiro atoms. The Hall–Kier alpha value is -2.02. The van der Waals surface area contributed by atoms with Gasteiger partial charge in [-0.25, -0.2) is 18.0 Å². The van der Waals surface area contributed by atoms with Crippen LogP contribution < -0.4 is 0 Å². The van der Waals surface area contributed by atoms with Crippen molar-refractivity contribution in [1.82, 2.24) is 9.78 Å². The average Bonchev–Trinajstić information content (AvgIpc) is 2.77. The van der Waals surface area contributed by atoms with Crippen molar-refractivity contribution in [2.24, 2.45) is 0 Å². The number of nitrogens with zero attached hydrogens (tertiary/aromatic N) is 2. The Kier molecular flexibility index (Phi) is 3.99. The highest BCUT2D eigenvalue weighted by Gasteiger charge is 2.23. The monoisotopic (exact) mass is 304 g/mol. The van der Waals surface area contributed by atoms with Gasteiger partial charge in [0.1, 0.15) is 17.1 Å². The minimum absolute atomic E-state index is 0.0356. The molecule has 0 atom stereocenters. The zero-order chi connectivity index (χ0) is 14.9. The molecular weight excluding hydrogens is 297 g/mol. The van der Waals surface area contributed by atoms with E-state index in [0.29, 0.717) is 5.56 Å². The van der Waals surface area contributed by atoms with Crippen LogP contribution >= 0.6 is 11.6 Å². The fourth-order valence-electron chi connectivity index (χ4n) is 1.67. The van der Waals surface area contributed by atoms with Gasteiger partial charge in [-0.05, 0) is 17.7 Å². The molecule has 2 rings (SSSR count). The van der Waals surface area contributed by atoms with Gasteiger partial charge < -0.3 is 5.11 Å². The van der Waals surface area contributed by atoms with Gasteiger partial charge >= 0.3 is 5.97 Å². The van der Waals surface area contributed by atoms with Gasteiger partial charge in [0.2, 0.25) is 0 Å². The molecule has 1 aromatic heterocycles. The third kappa shape index (κ3) is 2.93. The smallest absolute Gasteiger partial charge is 0.339 e. The summed E-state index contributed by atoms with van der Waals surface area (Å²) in [5.74, 6) is -2.02. The minimum atomic E-state index is -2.99. The van der Waals surface area contributed by atoms with E-state index in [1.165, 1.54) is 6.07 Å². The van der Waals surface area contributed by atoms with Gasteiger partial charge in [-0.3, -0.25) is 4.68 Å². The van der Waals surface area contributed by atoms with Gasteiger partial charge in [-0.2, -0.15) is 5.10 Å². The molecule has 0 saturated heterocycles. The summed E-state index contributed by atoms with van der Waals surface area (Å²) < 4.78 is 39.2. The van der Waals surface area contributed by atoms with Gasteiger partial charge in [-0.1, -0.05) is 17.7 Å². The predicted molar refractivity (Wildman–Crippen MR) is 64.7 cm³/mol. The molecule has 8 heteroatoms. The Morgan fingerprint density at radius 3 is 2.65 bits per heavy atom. The van der Waals surface area contributed by atoms with Crippen LogP contribution in [0.15, 0.2) is 24.4 Å². The van der Waals surface area contributed by atoms with Crippen molar-refractivity contribution in [3.8, 4) is 0 Å². The Bertz CT molecular complexity index is 658. The second kappa shape index (κ2) is 5.54. The number of carboxylic acid groups (broad SMARTS) is 1. The van der Waals surface area contributed by atoms with Crippen molar-refractivity contribution < 1.29 is 23.1 Å². The van der Waals surface area contributed by atoms with Crippen LogP contribution in [-0.4, -0.2) is 20.9 Å². The van der Waals surface area contributed by atoms with Crippen molar-refractivity contribution in [2.75, 3.05) is 0 Å². The van der Waals surface area contributed by atoms with E-state index in [9.17, 15) is 18.0 Å². The molecule has 0 amide bonds. The van der Waals surface area contributed by atoms with E-state index in [-0.39, 0.29) is 11.6 Å². The van der Waals surface area contributed by atoms with E-state index in [1.807, 2.05) is 0 Å². The summed E-state index contributed by atoms with van der Waals surface area (Å²) in [5, 5.41) is 12.5. The molecule has 1 heterocycles. The zero-order valence-corrected chi connectivity index (χ0v) is 10.6. The van der Waals surface area contributed by atoms with Crippen LogP contribution in [0, 0.1) is 5.82 Å². The average molecular weight is 305 g/mol. The first kappa shape index (κ1) is 14.4. The molecule has 0 saturated carbocycles. The first-order valence-corrected chi connectivity index (χ1v) is 5.79. The largest absolute Gasteiger partial charge is 0.478 e. The van der Waals surface area contributed by atoms with E-state index >= 15 is 0 Å². The van der Waals surface area contributed by atoms with Crippen LogP contribution in [0.2, 0.25) is 5.02 Å². The SMILES string of the molecule is O=C(O)c1cn(Cc2ccc(F)cc2Cl)nc1C(F)F. The number of hydrogen-bond acceptors (Lipinski definition) is 2. The first-order chi connectivity index (χ1) is 9.38. The first-order valence-electron chi connectivity index (χ1n) is 5.41. The molecule has 0 radical (unpaired) electrons. The second-order valence-corrected chi connectivity index (χ2v) is 4.37. The Labute approximate surface area is 116 Å². The fourth-order valence-corrected chi connectivity index (χ4v) is 1.89. The van der Waals surface area contributed by atoms with E-state index in [0.717, 1.165) is 23.0 Å². The Morgan fingerprint density at radius 1 is 1.45 bits per heavy atom. The molecule has 106 valence electrons. The number of carboxylic acids is 1. The lowest BCUT2D eigenvalue weighted by molar-refractivity contribution is 0.0684. The zero-order valence-electron chi connectivity index (χ0n) is 9.86. The highest BCUT2D eigenvalue weighted by Crippen LogP contribution is 2.23. The van der Waals surface area contributed by atoms with Crippen LogP contribution in [-0.2, 0) is 6.54 Å². The van der Waals surface area contributed by atoms with Crippen molar-refractivity contribution in [1.29, 1.82) is 0 Å². The van der Waals surface area contributed by atoms with Crippen molar-refractivity contribution in [3.63, 3.8) is 0 Å². The van der Waals surface area contributed by atoms with Crippen LogP contribution in [0.4, 0.5) is 13.2 Å². The van der Waals surface area contributed by atoms with Gasteiger partial charge in [0.05, 0.1) is 6.54 Å². The lowest BCUT2D eigenvalue weighted by Crippen LogP contribution is -2.02. The normalized spacial score (nSPS) is 11.1. The lowest BCUT2D eigenvalue weighted by Gasteiger charge is -2.04. The molecule has 0 aliphatic heterocycles. The number of alkyl halides is 2. The van der Waals surface area contributed by atoms with E-state index in [1.54, 1.807) is 0 Å². The molecule has 0 unspecified atom stereocenters. The fraction of sp³-hybridized carbons (Fsp3) is 0.167. The molecule has 0 aliphatic rings. The maximum atomic E-state index is 12.9. The van der Waals surface area contributed by atoms with Crippen LogP contribution in [0.5, 0.6) is 0 Å². The molecule has 1 aromatic carbocycles. The van der Waals surface area contributed by atoms with E-state index in [4.69, 9.17) is 16.7 Å². The molecule has 2 aromatic rings. The molecule has 0 bridgehead atoms. The maximum Gasteiger partial charge on any atom is 0.339 e. The Balaban J connectivity index is 2.34. The van der Waals surface area contributed by atoms with Crippen molar-refractivity contribution in [2.45, 2.75) is 13.0 Å². The van der Waals surface area contributed by atoms with Gasteiger partial charge in [0.15, 0.2) is 0 Å². The predicted octanol–water partition coefficient (Wildman–Crippen LogP) is 3.36. The molecule has 1 N–H and O–H groups in total. The highest BCUT2D eigenvalue weighted by atomic mass is 35.5. The number of halogens is 4. The van der Waals surface area contributed by atoms with E-state index in [2.05, 4.69) is 5.10 Å². The summed E-state index contributed by atoms with van der Waals surface area (Å²) in [6, 6.07) is 3.62. The van der Waals surface area contributed by atoms with Crippen LogP contribution in [0.25, 0.3) is 0 Å². The highest BCUT2D eigenvalue weighted by molar-refractivity contribution is 6.31. The van der Waals surface area contributed by atoms with Crippen LogP contribution in [0.3, 0.4) is 0 Å². The van der Waals surface area contributed by atoms with Gasteiger partial charge in [-0.15, -0.1) is 0 Å². The van der Waals surface area contributed by atoms with Gasteiger partial charge in [0.25, 0.3) is 6.43 Å². The van der Waals surface area contributed by atoms with Crippen molar-refractivity contribution >= 4 is 17.6 Å². The molecular formula is C12H8ClF3N2O2. The summed E-state index contributed by atoms with van der Waals surface area (Å²) in [4.78, 5) is 10.8. The summed E-state index contributed by atoms with van der Waals surface area (Å²) >= 11 is 5.81. The number of carbonyl (C=O) groups is 1. The summed E-state index contributed by atoms with van der Waals surface area (Å²) in [6.07, 6.45) is -2.00. The second-order valence-electron chi connectivity index (χ2n) is 3.97. The number of aromatic carboxylic acids is 1. The summed E-state index contributed by atoms with van der Waals surface area (Å²) in [6.45, 7) is -0.0356. The van der Waals surface area contributed by atoms with E-state index < -0.39 is 29.5 Å². The number of benzene rings is 1. The summed E-state index contributed by atoms with van der Waals surface area (Å²) in [5.41, 5.74) is -0.942. The topological polar surface area (TPSA) is 55.1 Å². The molecule has 20 heavy (non-hydrogen) atoms. The minimum Gasteiger partial charge on any atom is -0.478 e. The lowest BCUT2D eigenvalue weighted by atomic mass is 10.2. The molecule has 0 fully saturated rings. The van der Waals surface area contributed by atoms with Crippen molar-refractivity contribution in [3.05, 3.63) is 52.1 Å². The third-order valence-corrected chi connectivity index (χ3v) is 2.93. The maximum absolute atomic E-state index is 12.9. The third-order valence-electron chi connectivity index (χ3n) is 2.57. The number of hydrogen-bond donors (Lipinski definition) is 1. The quantitative estimate of drug-likeness (QED) is 0.942. The summed E-state index contributed by atoms with van der Waals surface area (Å²) in [7, 11) is 0. The molecule has 4 nitrogen and oxygen atoms in total. The standard InChI is InChI=1S/C12H8ClF3N2O2/c13-9-3-7(14)2-1-6(9)4-18-5-8(12(19)20)10(17-18)11(15)16/h1-3,5,11H,4H2,(H,19,20). The molecule has 0 aliphatic carbocycles. The Morgan fingerprint density at radius 2 is 2.15 bits per heavy atom. The van der Waals surface area contributed by atoms with Gasteiger partial charge in [0, 0.05) is 11.2 Å². The number of rotatable bonds is 4.